The second-order valence-electron chi connectivity index (χ2n) is 8.37. The topological polar surface area (TPSA) is 37.3 Å². The van der Waals surface area contributed by atoms with E-state index in [-0.39, 0.29) is 18.0 Å². The van der Waals surface area contributed by atoms with Crippen molar-refractivity contribution in [3.8, 4) is 0 Å². The maximum Gasteiger partial charge on any atom is 0.167 e. The number of benzene rings is 3. The number of Topliss-reactive ketones (excluding diaryl/α,β-unsaturated/α-hetero) is 1. The summed E-state index contributed by atoms with van der Waals surface area (Å²) < 4.78 is 15.3. The molecule has 4 rings (SSSR count). The summed E-state index contributed by atoms with van der Waals surface area (Å²) in [6.45, 7) is 2.07. The van der Waals surface area contributed by atoms with E-state index >= 15 is 0 Å². The molecule has 0 spiro atoms. The van der Waals surface area contributed by atoms with Crippen molar-refractivity contribution in [2.75, 3.05) is 26.0 Å². The molecule has 0 saturated carbocycles. The van der Waals surface area contributed by atoms with Crippen LogP contribution in [0.5, 0.6) is 0 Å². The first-order valence-corrected chi connectivity index (χ1v) is 10.9. The smallest absolute Gasteiger partial charge is 0.167 e. The lowest BCUT2D eigenvalue weighted by Gasteiger charge is -2.11. The van der Waals surface area contributed by atoms with E-state index in [2.05, 4.69) is 59.3 Å². The van der Waals surface area contributed by atoms with E-state index < -0.39 is 0 Å². The van der Waals surface area contributed by atoms with Crippen molar-refractivity contribution in [3.63, 3.8) is 0 Å². The monoisotopic (exact) mass is 429 g/mol. The zero-order chi connectivity index (χ0) is 22.5. The molecular weight excluding hydrogens is 401 g/mol. The van der Waals surface area contributed by atoms with Gasteiger partial charge in [0.15, 0.2) is 5.78 Å². The Morgan fingerprint density at radius 1 is 0.938 bits per heavy atom. The SMILES string of the molecule is CN(C)CCCn1ccc2cc(Nc3ccc(C(=O)Cc4ccc(F)cc4)cc3)ccc21. The van der Waals surface area contributed by atoms with Gasteiger partial charge in [0, 0.05) is 47.0 Å². The molecule has 164 valence electrons. The quantitative estimate of drug-likeness (QED) is 0.337. The Bertz CT molecular complexity index is 1190. The number of carbonyl (C=O) groups is 1. The first-order valence-electron chi connectivity index (χ1n) is 10.9. The van der Waals surface area contributed by atoms with E-state index in [1.54, 1.807) is 12.1 Å². The third-order valence-corrected chi connectivity index (χ3v) is 5.55. The van der Waals surface area contributed by atoms with Crippen molar-refractivity contribution < 1.29 is 9.18 Å². The van der Waals surface area contributed by atoms with Crippen LogP contribution in [0.25, 0.3) is 10.9 Å². The third-order valence-electron chi connectivity index (χ3n) is 5.55. The molecule has 1 aromatic heterocycles. The summed E-state index contributed by atoms with van der Waals surface area (Å²) in [6, 6.07) is 22.1. The minimum atomic E-state index is -0.296. The molecule has 0 aliphatic carbocycles. The van der Waals surface area contributed by atoms with Crippen molar-refractivity contribution in [3.05, 3.63) is 95.9 Å². The highest BCUT2D eigenvalue weighted by Crippen LogP contribution is 2.24. The molecule has 0 radical (unpaired) electrons. The molecule has 5 heteroatoms. The molecule has 0 aliphatic heterocycles. The first-order chi connectivity index (χ1) is 15.5. The lowest BCUT2D eigenvalue weighted by Crippen LogP contribution is -2.14. The van der Waals surface area contributed by atoms with Gasteiger partial charge < -0.3 is 14.8 Å². The molecule has 0 unspecified atom stereocenters. The van der Waals surface area contributed by atoms with Gasteiger partial charge in [0.2, 0.25) is 0 Å². The van der Waals surface area contributed by atoms with Gasteiger partial charge in [0.05, 0.1) is 0 Å². The van der Waals surface area contributed by atoms with Crippen molar-refractivity contribution in [2.45, 2.75) is 19.4 Å². The average Bonchev–Trinajstić information content (AvgIpc) is 3.18. The number of fused-ring (bicyclic) bond motifs is 1. The van der Waals surface area contributed by atoms with Gasteiger partial charge in [-0.3, -0.25) is 4.79 Å². The van der Waals surface area contributed by atoms with Crippen LogP contribution in [-0.4, -0.2) is 35.9 Å². The van der Waals surface area contributed by atoms with E-state index in [1.165, 1.54) is 23.0 Å². The van der Waals surface area contributed by atoms with Crippen molar-refractivity contribution in [1.29, 1.82) is 0 Å². The summed E-state index contributed by atoms with van der Waals surface area (Å²) in [5, 5.41) is 4.62. The summed E-state index contributed by atoms with van der Waals surface area (Å²) >= 11 is 0. The van der Waals surface area contributed by atoms with E-state index in [1.807, 2.05) is 24.3 Å². The van der Waals surface area contributed by atoms with Crippen LogP contribution in [0.15, 0.2) is 79.0 Å². The van der Waals surface area contributed by atoms with Gasteiger partial charge in [0.1, 0.15) is 5.82 Å². The van der Waals surface area contributed by atoms with Crippen molar-refractivity contribution in [1.82, 2.24) is 9.47 Å². The van der Waals surface area contributed by atoms with E-state index in [4.69, 9.17) is 0 Å². The summed E-state index contributed by atoms with van der Waals surface area (Å²) in [5.74, 6) is -0.282. The molecule has 3 aromatic carbocycles. The number of nitrogens with one attached hydrogen (secondary N) is 1. The van der Waals surface area contributed by atoms with E-state index in [0.717, 1.165) is 36.4 Å². The maximum absolute atomic E-state index is 13.0. The van der Waals surface area contributed by atoms with Crippen LogP contribution in [-0.2, 0) is 13.0 Å². The number of nitrogens with zero attached hydrogens (tertiary/aromatic N) is 2. The standard InChI is InChI=1S/C27H28FN3O/c1-30(2)15-3-16-31-17-14-22-19-25(12-13-26(22)31)29-24-10-6-21(7-11-24)27(32)18-20-4-8-23(28)9-5-20/h4-14,17,19,29H,3,15-16,18H2,1-2H3. The highest BCUT2D eigenvalue weighted by Gasteiger charge is 2.08. The Balaban J connectivity index is 1.39. The van der Waals surface area contributed by atoms with Crippen LogP contribution < -0.4 is 5.32 Å². The van der Waals surface area contributed by atoms with E-state index in [0.29, 0.717) is 5.56 Å². The molecule has 0 fully saturated rings. The van der Waals surface area contributed by atoms with Crippen LogP contribution in [0.3, 0.4) is 0 Å². The Morgan fingerprint density at radius 2 is 1.66 bits per heavy atom. The van der Waals surface area contributed by atoms with Crippen LogP contribution in [0.4, 0.5) is 15.8 Å². The van der Waals surface area contributed by atoms with Crippen molar-refractivity contribution >= 4 is 28.1 Å². The highest BCUT2D eigenvalue weighted by atomic mass is 19.1. The molecule has 4 nitrogen and oxygen atoms in total. The zero-order valence-corrected chi connectivity index (χ0v) is 18.5. The Morgan fingerprint density at radius 3 is 2.38 bits per heavy atom. The predicted octanol–water partition coefficient (Wildman–Crippen LogP) is 5.90. The summed E-state index contributed by atoms with van der Waals surface area (Å²) in [4.78, 5) is 14.7. The first kappa shape index (κ1) is 21.8. The number of hydrogen-bond donors (Lipinski definition) is 1. The van der Waals surface area contributed by atoms with Gasteiger partial charge in [-0.2, -0.15) is 0 Å². The molecule has 32 heavy (non-hydrogen) atoms. The highest BCUT2D eigenvalue weighted by molar-refractivity contribution is 5.97. The fourth-order valence-electron chi connectivity index (χ4n) is 3.83. The van der Waals surface area contributed by atoms with Crippen LogP contribution in [0.2, 0.25) is 0 Å². The number of hydrogen-bond acceptors (Lipinski definition) is 3. The number of anilines is 2. The van der Waals surface area contributed by atoms with Gasteiger partial charge in [-0.05, 0) is 93.3 Å². The minimum absolute atomic E-state index is 0.0141. The summed E-state index contributed by atoms with van der Waals surface area (Å²) in [6.07, 6.45) is 3.52. The van der Waals surface area contributed by atoms with Crippen LogP contribution in [0, 0.1) is 5.82 Å². The molecule has 1 heterocycles. The fourth-order valence-corrected chi connectivity index (χ4v) is 3.83. The van der Waals surface area contributed by atoms with Crippen LogP contribution in [0.1, 0.15) is 22.3 Å². The lowest BCUT2D eigenvalue weighted by molar-refractivity contribution is 0.0993. The number of aryl methyl sites for hydroxylation is 1. The normalized spacial score (nSPS) is 11.2. The second kappa shape index (κ2) is 9.79. The minimum Gasteiger partial charge on any atom is -0.356 e. The molecular formula is C27H28FN3O. The molecule has 4 aromatic rings. The second-order valence-corrected chi connectivity index (χ2v) is 8.37. The Labute approximate surface area is 188 Å². The number of halogens is 1. The van der Waals surface area contributed by atoms with Gasteiger partial charge >= 0.3 is 0 Å². The molecule has 0 aliphatic rings. The summed E-state index contributed by atoms with van der Waals surface area (Å²) in [5.41, 5.74) is 4.61. The predicted molar refractivity (Wildman–Crippen MR) is 129 cm³/mol. The molecule has 0 bridgehead atoms. The number of ketones is 1. The van der Waals surface area contributed by atoms with Crippen molar-refractivity contribution in [2.24, 2.45) is 0 Å². The van der Waals surface area contributed by atoms with E-state index in [9.17, 15) is 9.18 Å². The Hall–Kier alpha value is -3.44. The van der Waals surface area contributed by atoms with Crippen LogP contribution >= 0.6 is 0 Å². The maximum atomic E-state index is 13.0. The molecule has 0 saturated heterocycles. The van der Waals surface area contributed by atoms with Gasteiger partial charge in [-0.1, -0.05) is 12.1 Å². The molecule has 0 atom stereocenters. The molecule has 1 N–H and O–H groups in total. The molecule has 0 amide bonds. The average molecular weight is 430 g/mol. The van der Waals surface area contributed by atoms with Gasteiger partial charge in [0.25, 0.3) is 0 Å². The van der Waals surface area contributed by atoms with Gasteiger partial charge in [-0.25, -0.2) is 4.39 Å². The fraction of sp³-hybridized carbons (Fsp3) is 0.222. The number of rotatable bonds is 9. The lowest BCUT2D eigenvalue weighted by atomic mass is 10.0. The Kier molecular flexibility index (Phi) is 6.66. The zero-order valence-electron chi connectivity index (χ0n) is 18.5. The summed E-state index contributed by atoms with van der Waals surface area (Å²) in [7, 11) is 4.19. The number of aromatic nitrogens is 1. The number of carbonyl (C=O) groups excluding carboxylic acids is 1. The largest absolute Gasteiger partial charge is 0.356 e. The van der Waals surface area contributed by atoms with Gasteiger partial charge in [-0.15, -0.1) is 0 Å². The third kappa shape index (κ3) is 5.42.